The fourth-order valence-electron chi connectivity index (χ4n) is 1.98. The third-order valence-corrected chi connectivity index (χ3v) is 3.20. The van der Waals surface area contributed by atoms with Gasteiger partial charge < -0.3 is 11.1 Å². The standard InChI is InChI=1S/C12H14F2N2O/c13-9-4-8(5-10(14)6-9)11(17)16-12(7-15)2-1-3-12/h4-6H,1-3,7,15H2,(H,16,17). The highest BCUT2D eigenvalue weighted by molar-refractivity contribution is 5.94. The third-order valence-electron chi connectivity index (χ3n) is 3.20. The van der Waals surface area contributed by atoms with Gasteiger partial charge in [-0.15, -0.1) is 0 Å². The smallest absolute Gasteiger partial charge is 0.251 e. The van der Waals surface area contributed by atoms with E-state index in [9.17, 15) is 13.6 Å². The number of carbonyl (C=O) groups excluding carboxylic acids is 1. The first-order chi connectivity index (χ1) is 8.04. The van der Waals surface area contributed by atoms with E-state index in [1.165, 1.54) is 0 Å². The SMILES string of the molecule is NCC1(NC(=O)c2cc(F)cc(F)c2)CCC1. The molecule has 0 heterocycles. The van der Waals surface area contributed by atoms with Crippen LogP contribution in [0.2, 0.25) is 0 Å². The van der Waals surface area contributed by atoms with Gasteiger partial charge in [-0.25, -0.2) is 8.78 Å². The van der Waals surface area contributed by atoms with Crippen molar-refractivity contribution in [2.45, 2.75) is 24.8 Å². The number of halogens is 2. The number of hydrogen-bond acceptors (Lipinski definition) is 2. The normalized spacial score (nSPS) is 17.4. The summed E-state index contributed by atoms with van der Waals surface area (Å²) in [6.07, 6.45) is 2.63. The van der Waals surface area contributed by atoms with E-state index in [1.807, 2.05) is 0 Å². The van der Waals surface area contributed by atoms with Gasteiger partial charge in [-0.05, 0) is 31.4 Å². The first-order valence-electron chi connectivity index (χ1n) is 5.53. The summed E-state index contributed by atoms with van der Waals surface area (Å²) in [6.45, 7) is 0.344. The first-order valence-corrected chi connectivity index (χ1v) is 5.53. The van der Waals surface area contributed by atoms with Crippen molar-refractivity contribution in [3.05, 3.63) is 35.4 Å². The molecule has 5 heteroatoms. The van der Waals surface area contributed by atoms with Gasteiger partial charge in [0.05, 0.1) is 5.54 Å². The van der Waals surface area contributed by atoms with Crippen LogP contribution < -0.4 is 11.1 Å². The number of nitrogens with two attached hydrogens (primary N) is 1. The van der Waals surface area contributed by atoms with Gasteiger partial charge in [0, 0.05) is 18.2 Å². The minimum absolute atomic E-state index is 0.0118. The summed E-state index contributed by atoms with van der Waals surface area (Å²) in [5.74, 6) is -2.00. The Morgan fingerprint density at radius 1 is 1.29 bits per heavy atom. The second kappa shape index (κ2) is 4.41. The van der Waals surface area contributed by atoms with Gasteiger partial charge in [-0.1, -0.05) is 0 Å². The molecule has 0 saturated heterocycles. The van der Waals surface area contributed by atoms with E-state index in [2.05, 4.69) is 5.32 Å². The highest BCUT2D eigenvalue weighted by Crippen LogP contribution is 2.30. The van der Waals surface area contributed by atoms with Crippen molar-refractivity contribution in [3.8, 4) is 0 Å². The molecule has 1 aliphatic carbocycles. The van der Waals surface area contributed by atoms with Gasteiger partial charge in [0.15, 0.2) is 0 Å². The molecule has 0 aromatic heterocycles. The van der Waals surface area contributed by atoms with Crippen LogP contribution in [-0.2, 0) is 0 Å². The van der Waals surface area contributed by atoms with Crippen LogP contribution in [0.4, 0.5) is 8.78 Å². The van der Waals surface area contributed by atoms with Crippen molar-refractivity contribution in [1.29, 1.82) is 0 Å². The van der Waals surface area contributed by atoms with Crippen molar-refractivity contribution in [1.82, 2.24) is 5.32 Å². The van der Waals surface area contributed by atoms with Gasteiger partial charge in [0.2, 0.25) is 0 Å². The molecule has 1 amide bonds. The Balaban J connectivity index is 2.14. The Bertz CT molecular complexity index is 418. The van der Waals surface area contributed by atoms with E-state index in [4.69, 9.17) is 5.73 Å². The maximum absolute atomic E-state index is 13.0. The van der Waals surface area contributed by atoms with E-state index in [0.717, 1.165) is 37.5 Å². The lowest BCUT2D eigenvalue weighted by Gasteiger charge is -2.41. The van der Waals surface area contributed by atoms with Crippen molar-refractivity contribution >= 4 is 5.91 Å². The minimum atomic E-state index is -0.759. The largest absolute Gasteiger partial charge is 0.345 e. The van der Waals surface area contributed by atoms with E-state index in [0.29, 0.717) is 6.54 Å². The number of nitrogens with one attached hydrogen (secondary N) is 1. The topological polar surface area (TPSA) is 55.1 Å². The number of hydrogen-bond donors (Lipinski definition) is 2. The Labute approximate surface area is 98.0 Å². The predicted molar refractivity (Wildman–Crippen MR) is 59.5 cm³/mol. The Morgan fingerprint density at radius 3 is 2.29 bits per heavy atom. The number of amides is 1. The van der Waals surface area contributed by atoms with Crippen LogP contribution in [0.3, 0.4) is 0 Å². The van der Waals surface area contributed by atoms with Gasteiger partial charge in [-0.2, -0.15) is 0 Å². The average molecular weight is 240 g/mol. The highest BCUT2D eigenvalue weighted by atomic mass is 19.1. The molecular formula is C12H14F2N2O. The van der Waals surface area contributed by atoms with Crippen LogP contribution in [0.1, 0.15) is 29.6 Å². The molecule has 0 spiro atoms. The molecular weight excluding hydrogens is 226 g/mol. The van der Waals surface area contributed by atoms with Crippen molar-refractivity contribution < 1.29 is 13.6 Å². The van der Waals surface area contributed by atoms with Crippen LogP contribution in [0.5, 0.6) is 0 Å². The Hall–Kier alpha value is -1.49. The second-order valence-corrected chi connectivity index (χ2v) is 4.45. The summed E-state index contributed by atoms with van der Waals surface area (Å²) in [6, 6.07) is 2.77. The van der Waals surface area contributed by atoms with Crippen LogP contribution in [0.25, 0.3) is 0 Å². The molecule has 92 valence electrons. The lowest BCUT2D eigenvalue weighted by Crippen LogP contribution is -2.58. The van der Waals surface area contributed by atoms with E-state index < -0.39 is 17.5 Å². The maximum atomic E-state index is 13.0. The number of carbonyl (C=O) groups is 1. The molecule has 3 nitrogen and oxygen atoms in total. The molecule has 1 aliphatic rings. The van der Waals surface area contributed by atoms with Crippen LogP contribution >= 0.6 is 0 Å². The lowest BCUT2D eigenvalue weighted by molar-refractivity contribution is 0.0836. The maximum Gasteiger partial charge on any atom is 0.251 e. The zero-order chi connectivity index (χ0) is 12.5. The molecule has 17 heavy (non-hydrogen) atoms. The first kappa shape index (κ1) is 12.0. The molecule has 3 N–H and O–H groups in total. The third kappa shape index (κ3) is 2.44. The molecule has 1 fully saturated rings. The summed E-state index contributed by atoms with van der Waals surface area (Å²) in [4.78, 5) is 11.8. The van der Waals surface area contributed by atoms with Crippen molar-refractivity contribution in [3.63, 3.8) is 0 Å². The molecule has 1 aromatic rings. The van der Waals surface area contributed by atoms with Gasteiger partial charge in [0.1, 0.15) is 11.6 Å². The molecule has 0 bridgehead atoms. The summed E-state index contributed by atoms with van der Waals surface area (Å²) in [5, 5.41) is 2.75. The highest BCUT2D eigenvalue weighted by Gasteiger charge is 2.37. The molecule has 1 saturated carbocycles. The lowest BCUT2D eigenvalue weighted by atomic mass is 9.76. The fourth-order valence-corrected chi connectivity index (χ4v) is 1.98. The van der Waals surface area contributed by atoms with E-state index in [-0.39, 0.29) is 11.1 Å². The van der Waals surface area contributed by atoms with Gasteiger partial charge in [-0.3, -0.25) is 4.79 Å². The van der Waals surface area contributed by atoms with Crippen molar-refractivity contribution in [2.24, 2.45) is 5.73 Å². The van der Waals surface area contributed by atoms with Crippen molar-refractivity contribution in [2.75, 3.05) is 6.54 Å². The second-order valence-electron chi connectivity index (χ2n) is 4.45. The molecule has 0 atom stereocenters. The number of rotatable bonds is 3. The summed E-state index contributed by atoms with van der Waals surface area (Å²) in [7, 11) is 0. The fraction of sp³-hybridized carbons (Fsp3) is 0.417. The Morgan fingerprint density at radius 2 is 1.88 bits per heavy atom. The molecule has 0 unspecified atom stereocenters. The number of benzene rings is 1. The summed E-state index contributed by atoms with van der Waals surface area (Å²) < 4.78 is 25.9. The van der Waals surface area contributed by atoms with Crippen LogP contribution in [0.15, 0.2) is 18.2 Å². The summed E-state index contributed by atoms with van der Waals surface area (Å²) >= 11 is 0. The zero-order valence-corrected chi connectivity index (χ0v) is 9.30. The van der Waals surface area contributed by atoms with Gasteiger partial charge in [0.25, 0.3) is 5.91 Å². The van der Waals surface area contributed by atoms with Gasteiger partial charge >= 0.3 is 0 Å². The van der Waals surface area contributed by atoms with E-state index >= 15 is 0 Å². The summed E-state index contributed by atoms with van der Waals surface area (Å²) in [5.41, 5.74) is 5.19. The average Bonchev–Trinajstić information content (AvgIpc) is 2.21. The molecule has 1 aromatic carbocycles. The molecule has 2 rings (SSSR count). The van der Waals surface area contributed by atoms with Crippen LogP contribution in [0, 0.1) is 11.6 Å². The van der Waals surface area contributed by atoms with Crippen LogP contribution in [-0.4, -0.2) is 18.0 Å². The monoisotopic (exact) mass is 240 g/mol. The molecule has 0 aliphatic heterocycles. The Kier molecular flexibility index (Phi) is 3.11. The zero-order valence-electron chi connectivity index (χ0n) is 9.30. The van der Waals surface area contributed by atoms with E-state index in [1.54, 1.807) is 0 Å². The quantitative estimate of drug-likeness (QED) is 0.842. The predicted octanol–water partition coefficient (Wildman–Crippen LogP) is 1.58. The minimum Gasteiger partial charge on any atom is -0.345 e. The molecule has 0 radical (unpaired) electrons.